The van der Waals surface area contributed by atoms with Crippen LogP contribution in [0.15, 0.2) is 30.6 Å². The van der Waals surface area contributed by atoms with Crippen molar-refractivity contribution in [1.82, 2.24) is 9.88 Å². The van der Waals surface area contributed by atoms with Crippen molar-refractivity contribution >= 4 is 17.2 Å². The maximum atomic E-state index is 12.8. The van der Waals surface area contributed by atoms with Crippen LogP contribution < -0.4 is 4.74 Å². The molecule has 2 aliphatic heterocycles. The lowest BCUT2D eigenvalue weighted by atomic mass is 9.81. The molecule has 2 aromatic rings. The highest BCUT2D eigenvalue weighted by molar-refractivity contribution is 7.14. The first-order valence-corrected chi connectivity index (χ1v) is 10.1. The number of hydrogen-bond donors (Lipinski definition) is 0. The SMILES string of the molecule is O=C(c1cc2c(s1)CCC2)N1CC2(C1)OCCC2COc1cccnc1. The molecule has 1 aliphatic carbocycles. The monoisotopic (exact) mass is 370 g/mol. The van der Waals surface area contributed by atoms with E-state index >= 15 is 0 Å². The Kier molecular flexibility index (Phi) is 3.98. The van der Waals surface area contributed by atoms with Crippen LogP contribution in [0.4, 0.5) is 0 Å². The molecule has 1 unspecified atom stereocenters. The average molecular weight is 370 g/mol. The fourth-order valence-corrected chi connectivity index (χ4v) is 5.55. The molecule has 4 heterocycles. The molecular formula is C20H22N2O3S. The van der Waals surface area contributed by atoms with E-state index < -0.39 is 0 Å². The molecule has 1 spiro atoms. The number of thiophene rings is 1. The van der Waals surface area contributed by atoms with Crippen molar-refractivity contribution in [3.8, 4) is 5.75 Å². The Labute approximate surface area is 156 Å². The third-order valence-electron chi connectivity index (χ3n) is 5.85. The van der Waals surface area contributed by atoms with Crippen LogP contribution in [0.3, 0.4) is 0 Å². The third-order valence-corrected chi connectivity index (χ3v) is 7.07. The van der Waals surface area contributed by atoms with Gasteiger partial charge in [-0.2, -0.15) is 0 Å². The standard InChI is InChI=1S/C20H22N2O3S/c23-19(18-9-14-3-1-5-17(14)26-18)22-12-20(13-22)15(6-8-25-20)11-24-16-4-2-7-21-10-16/h2,4,7,9-10,15H,1,3,5-6,8,11-13H2. The van der Waals surface area contributed by atoms with Crippen molar-refractivity contribution in [2.45, 2.75) is 31.3 Å². The number of carbonyl (C=O) groups excluding carboxylic acids is 1. The van der Waals surface area contributed by atoms with Gasteiger partial charge in [0, 0.05) is 23.6 Å². The highest BCUT2D eigenvalue weighted by Crippen LogP contribution is 2.41. The predicted molar refractivity (Wildman–Crippen MR) is 98.8 cm³/mol. The molecule has 2 aromatic heterocycles. The molecule has 0 radical (unpaired) electrons. The number of hydrogen-bond acceptors (Lipinski definition) is 5. The number of fused-ring (bicyclic) bond motifs is 1. The lowest BCUT2D eigenvalue weighted by molar-refractivity contribution is -0.122. The quantitative estimate of drug-likeness (QED) is 0.830. The van der Waals surface area contributed by atoms with E-state index in [2.05, 4.69) is 11.1 Å². The van der Waals surface area contributed by atoms with E-state index in [1.165, 1.54) is 16.9 Å². The lowest BCUT2D eigenvalue weighted by Gasteiger charge is -2.49. The zero-order valence-corrected chi connectivity index (χ0v) is 15.5. The summed E-state index contributed by atoms with van der Waals surface area (Å²) in [7, 11) is 0. The van der Waals surface area contributed by atoms with Crippen LogP contribution in [0.2, 0.25) is 0 Å². The van der Waals surface area contributed by atoms with Crippen molar-refractivity contribution in [2.75, 3.05) is 26.3 Å². The maximum Gasteiger partial charge on any atom is 0.264 e. The predicted octanol–water partition coefficient (Wildman–Crippen LogP) is 2.94. The number of amides is 1. The molecule has 5 nitrogen and oxygen atoms in total. The average Bonchev–Trinajstić information content (AvgIpc) is 3.32. The van der Waals surface area contributed by atoms with E-state index in [9.17, 15) is 4.79 Å². The second-order valence-corrected chi connectivity index (χ2v) is 8.61. The summed E-state index contributed by atoms with van der Waals surface area (Å²) in [6, 6.07) is 5.90. The molecular weight excluding hydrogens is 348 g/mol. The minimum atomic E-state index is -0.224. The summed E-state index contributed by atoms with van der Waals surface area (Å²) < 4.78 is 12.0. The Morgan fingerprint density at radius 3 is 3.15 bits per heavy atom. The van der Waals surface area contributed by atoms with Gasteiger partial charge in [0.15, 0.2) is 0 Å². The van der Waals surface area contributed by atoms with Crippen LogP contribution in [-0.2, 0) is 17.6 Å². The van der Waals surface area contributed by atoms with E-state index in [1.54, 1.807) is 23.7 Å². The molecule has 1 amide bonds. The largest absolute Gasteiger partial charge is 0.492 e. The number of carbonyl (C=O) groups is 1. The van der Waals surface area contributed by atoms with Gasteiger partial charge >= 0.3 is 0 Å². The van der Waals surface area contributed by atoms with Crippen LogP contribution >= 0.6 is 11.3 Å². The lowest BCUT2D eigenvalue weighted by Crippen LogP contribution is -2.66. The maximum absolute atomic E-state index is 12.8. The van der Waals surface area contributed by atoms with Gasteiger partial charge < -0.3 is 14.4 Å². The molecule has 0 aromatic carbocycles. The Morgan fingerprint density at radius 2 is 2.35 bits per heavy atom. The van der Waals surface area contributed by atoms with Crippen molar-refractivity contribution < 1.29 is 14.3 Å². The van der Waals surface area contributed by atoms with Gasteiger partial charge in [0.05, 0.1) is 30.8 Å². The smallest absolute Gasteiger partial charge is 0.264 e. The highest BCUT2D eigenvalue weighted by atomic mass is 32.1. The molecule has 2 fully saturated rings. The number of likely N-dealkylation sites (tertiary alicyclic amines) is 1. The van der Waals surface area contributed by atoms with Crippen LogP contribution in [-0.4, -0.2) is 47.7 Å². The third kappa shape index (κ3) is 2.72. The molecule has 0 N–H and O–H groups in total. The number of rotatable bonds is 4. The van der Waals surface area contributed by atoms with Gasteiger partial charge in [-0.1, -0.05) is 0 Å². The molecule has 2 saturated heterocycles. The van der Waals surface area contributed by atoms with Gasteiger partial charge in [-0.05, 0) is 49.4 Å². The minimum absolute atomic E-state index is 0.164. The summed E-state index contributed by atoms with van der Waals surface area (Å²) in [4.78, 5) is 21.1. The number of aromatic nitrogens is 1. The van der Waals surface area contributed by atoms with Crippen molar-refractivity contribution in [3.63, 3.8) is 0 Å². The summed E-state index contributed by atoms with van der Waals surface area (Å²) in [5.41, 5.74) is 1.16. The normalized spacial score (nSPS) is 23.1. The topological polar surface area (TPSA) is 51.7 Å². The van der Waals surface area contributed by atoms with Gasteiger partial charge in [0.25, 0.3) is 5.91 Å². The Balaban J connectivity index is 1.21. The van der Waals surface area contributed by atoms with E-state index in [1.807, 2.05) is 17.0 Å². The first-order valence-electron chi connectivity index (χ1n) is 9.31. The molecule has 3 aliphatic rings. The van der Waals surface area contributed by atoms with Crippen molar-refractivity contribution in [1.29, 1.82) is 0 Å². The summed E-state index contributed by atoms with van der Waals surface area (Å²) in [5.74, 6) is 1.27. The van der Waals surface area contributed by atoms with Crippen LogP contribution in [0.5, 0.6) is 5.75 Å². The van der Waals surface area contributed by atoms with E-state index in [0.717, 1.165) is 36.5 Å². The zero-order valence-electron chi connectivity index (χ0n) is 14.6. The molecule has 5 rings (SSSR count). The first-order chi connectivity index (χ1) is 12.7. The highest BCUT2D eigenvalue weighted by Gasteiger charge is 2.55. The van der Waals surface area contributed by atoms with Gasteiger partial charge in [0.2, 0.25) is 0 Å². The van der Waals surface area contributed by atoms with Crippen molar-refractivity contribution in [3.05, 3.63) is 45.9 Å². The van der Waals surface area contributed by atoms with Gasteiger partial charge in [0.1, 0.15) is 11.4 Å². The molecule has 136 valence electrons. The van der Waals surface area contributed by atoms with E-state index in [4.69, 9.17) is 9.47 Å². The van der Waals surface area contributed by atoms with Crippen LogP contribution in [0.1, 0.15) is 33.0 Å². The molecule has 1 atom stereocenters. The number of pyridine rings is 1. The number of nitrogens with zero attached hydrogens (tertiary/aromatic N) is 2. The zero-order chi connectivity index (χ0) is 17.6. The Morgan fingerprint density at radius 1 is 1.42 bits per heavy atom. The molecule has 0 saturated carbocycles. The summed E-state index contributed by atoms with van der Waals surface area (Å²) in [6.07, 6.45) is 7.94. The van der Waals surface area contributed by atoms with Crippen molar-refractivity contribution in [2.24, 2.45) is 5.92 Å². The molecule has 26 heavy (non-hydrogen) atoms. The summed E-state index contributed by atoms with van der Waals surface area (Å²) in [6.45, 7) is 2.71. The first kappa shape index (κ1) is 16.3. The fourth-order valence-electron chi connectivity index (χ4n) is 4.33. The summed E-state index contributed by atoms with van der Waals surface area (Å²) in [5, 5.41) is 0. The van der Waals surface area contributed by atoms with E-state index in [-0.39, 0.29) is 11.5 Å². The second kappa shape index (κ2) is 6.35. The Hall–Kier alpha value is -1.92. The van der Waals surface area contributed by atoms with E-state index in [0.29, 0.717) is 25.6 Å². The second-order valence-electron chi connectivity index (χ2n) is 7.47. The Bertz CT molecular complexity index is 792. The van der Waals surface area contributed by atoms with Crippen LogP contribution in [0, 0.1) is 5.92 Å². The van der Waals surface area contributed by atoms with Crippen LogP contribution in [0.25, 0.3) is 0 Å². The molecule has 6 heteroatoms. The van der Waals surface area contributed by atoms with Gasteiger partial charge in [-0.3, -0.25) is 9.78 Å². The minimum Gasteiger partial charge on any atom is -0.492 e. The fraction of sp³-hybridized carbons (Fsp3) is 0.500. The molecule has 0 bridgehead atoms. The van der Waals surface area contributed by atoms with Gasteiger partial charge in [-0.15, -0.1) is 11.3 Å². The summed E-state index contributed by atoms with van der Waals surface area (Å²) >= 11 is 1.68. The number of aryl methyl sites for hydroxylation is 2. The number of ether oxygens (including phenoxy) is 2. The van der Waals surface area contributed by atoms with Gasteiger partial charge in [-0.25, -0.2) is 0 Å².